The number of fused-ring (bicyclic) bond motifs is 1. The molecule has 5 nitrogen and oxygen atoms in total. The predicted octanol–water partition coefficient (Wildman–Crippen LogP) is 2.46. The number of carbonyl (C=O) groups is 1. The third-order valence-corrected chi connectivity index (χ3v) is 4.53. The SMILES string of the molecule is Cc1cccc(OCC(=O)Nc2nc3c(s2)CN(C)CC3)c1. The van der Waals surface area contributed by atoms with E-state index in [9.17, 15) is 4.79 Å². The van der Waals surface area contributed by atoms with Gasteiger partial charge in [0.1, 0.15) is 5.75 Å². The zero-order valence-corrected chi connectivity index (χ0v) is 13.6. The number of aryl methyl sites for hydroxylation is 1. The topological polar surface area (TPSA) is 54.5 Å². The van der Waals surface area contributed by atoms with Gasteiger partial charge in [0.15, 0.2) is 11.7 Å². The van der Waals surface area contributed by atoms with E-state index in [2.05, 4.69) is 22.2 Å². The molecule has 22 heavy (non-hydrogen) atoms. The Labute approximate surface area is 133 Å². The fourth-order valence-electron chi connectivity index (χ4n) is 2.39. The molecule has 0 aliphatic carbocycles. The maximum atomic E-state index is 12.0. The summed E-state index contributed by atoms with van der Waals surface area (Å²) in [6.07, 6.45) is 0.942. The summed E-state index contributed by atoms with van der Waals surface area (Å²) in [4.78, 5) is 20.0. The van der Waals surface area contributed by atoms with Crippen molar-refractivity contribution in [2.75, 3.05) is 25.5 Å². The predicted molar refractivity (Wildman–Crippen MR) is 87.5 cm³/mol. The Morgan fingerprint density at radius 1 is 1.50 bits per heavy atom. The Kier molecular flexibility index (Phi) is 4.40. The second kappa shape index (κ2) is 6.46. The molecule has 1 aromatic carbocycles. The molecule has 1 aliphatic rings. The van der Waals surface area contributed by atoms with E-state index >= 15 is 0 Å². The molecule has 0 atom stereocenters. The summed E-state index contributed by atoms with van der Waals surface area (Å²) in [5.74, 6) is 0.524. The molecule has 1 aromatic heterocycles. The van der Waals surface area contributed by atoms with Crippen molar-refractivity contribution < 1.29 is 9.53 Å². The van der Waals surface area contributed by atoms with E-state index in [1.807, 2.05) is 31.2 Å². The summed E-state index contributed by atoms with van der Waals surface area (Å²) in [7, 11) is 2.09. The van der Waals surface area contributed by atoms with Gasteiger partial charge in [0.2, 0.25) is 0 Å². The highest BCUT2D eigenvalue weighted by molar-refractivity contribution is 7.15. The number of nitrogens with zero attached hydrogens (tertiary/aromatic N) is 2. The zero-order valence-electron chi connectivity index (χ0n) is 12.8. The van der Waals surface area contributed by atoms with Gasteiger partial charge in [0.05, 0.1) is 5.69 Å². The Balaban J connectivity index is 1.56. The van der Waals surface area contributed by atoms with Gasteiger partial charge in [-0.15, -0.1) is 11.3 Å². The van der Waals surface area contributed by atoms with Gasteiger partial charge in [-0.25, -0.2) is 4.98 Å². The Hall–Kier alpha value is -1.92. The zero-order chi connectivity index (χ0) is 15.5. The second-order valence-electron chi connectivity index (χ2n) is 5.53. The van der Waals surface area contributed by atoms with E-state index in [0.29, 0.717) is 10.9 Å². The molecule has 2 aromatic rings. The molecule has 1 aliphatic heterocycles. The van der Waals surface area contributed by atoms with E-state index in [4.69, 9.17) is 4.74 Å². The average molecular weight is 317 g/mol. The first-order valence-corrected chi connectivity index (χ1v) is 8.08. The van der Waals surface area contributed by atoms with E-state index in [1.54, 1.807) is 11.3 Å². The summed E-state index contributed by atoms with van der Waals surface area (Å²) in [5, 5.41) is 3.49. The molecule has 0 bridgehead atoms. The number of aromatic nitrogens is 1. The minimum atomic E-state index is -0.180. The van der Waals surface area contributed by atoms with Crippen molar-refractivity contribution in [2.24, 2.45) is 0 Å². The minimum absolute atomic E-state index is 0.00635. The fourth-order valence-corrected chi connectivity index (χ4v) is 3.49. The Bertz CT molecular complexity index is 684. The third kappa shape index (κ3) is 3.64. The lowest BCUT2D eigenvalue weighted by Crippen LogP contribution is -2.25. The average Bonchev–Trinajstić information content (AvgIpc) is 2.86. The van der Waals surface area contributed by atoms with Gasteiger partial charge in [0, 0.05) is 24.4 Å². The highest BCUT2D eigenvalue weighted by atomic mass is 32.1. The van der Waals surface area contributed by atoms with Gasteiger partial charge in [-0.05, 0) is 31.7 Å². The molecule has 0 unspecified atom stereocenters. The van der Waals surface area contributed by atoms with Gasteiger partial charge in [-0.3, -0.25) is 10.1 Å². The minimum Gasteiger partial charge on any atom is -0.484 e. The largest absolute Gasteiger partial charge is 0.484 e. The molecule has 0 radical (unpaired) electrons. The van der Waals surface area contributed by atoms with Gasteiger partial charge < -0.3 is 9.64 Å². The summed E-state index contributed by atoms with van der Waals surface area (Å²) < 4.78 is 5.50. The van der Waals surface area contributed by atoms with E-state index in [0.717, 1.165) is 30.8 Å². The van der Waals surface area contributed by atoms with Crippen LogP contribution in [0.4, 0.5) is 5.13 Å². The summed E-state index contributed by atoms with van der Waals surface area (Å²) in [5.41, 5.74) is 2.22. The molecule has 3 rings (SSSR count). The first-order chi connectivity index (χ1) is 10.6. The number of hydrogen-bond donors (Lipinski definition) is 1. The maximum Gasteiger partial charge on any atom is 0.264 e. The van der Waals surface area contributed by atoms with E-state index in [1.165, 1.54) is 4.88 Å². The molecular formula is C16H19N3O2S. The maximum absolute atomic E-state index is 12.0. The van der Waals surface area contributed by atoms with Gasteiger partial charge in [-0.2, -0.15) is 0 Å². The van der Waals surface area contributed by atoms with E-state index in [-0.39, 0.29) is 12.5 Å². The van der Waals surface area contributed by atoms with Crippen molar-refractivity contribution in [3.8, 4) is 5.75 Å². The number of likely N-dealkylation sites (N-methyl/N-ethyl adjacent to an activating group) is 1. The van der Waals surface area contributed by atoms with Crippen LogP contribution in [0.5, 0.6) is 5.75 Å². The number of anilines is 1. The standard InChI is InChI=1S/C16H19N3O2S/c1-11-4-3-5-12(8-11)21-10-15(20)18-16-17-13-6-7-19(2)9-14(13)22-16/h3-5,8H,6-7,9-10H2,1-2H3,(H,17,18,20). The molecule has 2 heterocycles. The van der Waals surface area contributed by atoms with Crippen LogP contribution in [-0.2, 0) is 17.8 Å². The van der Waals surface area contributed by atoms with Gasteiger partial charge in [0.25, 0.3) is 5.91 Å². The monoisotopic (exact) mass is 317 g/mol. The van der Waals surface area contributed by atoms with Crippen molar-refractivity contribution in [3.63, 3.8) is 0 Å². The van der Waals surface area contributed by atoms with Gasteiger partial charge in [-0.1, -0.05) is 12.1 Å². The van der Waals surface area contributed by atoms with Crippen LogP contribution in [0, 0.1) is 6.92 Å². The summed E-state index contributed by atoms with van der Waals surface area (Å²) in [6, 6.07) is 7.65. The lowest BCUT2D eigenvalue weighted by molar-refractivity contribution is -0.118. The van der Waals surface area contributed by atoms with Crippen LogP contribution in [0.25, 0.3) is 0 Å². The number of rotatable bonds is 4. The number of nitrogens with one attached hydrogen (secondary N) is 1. The molecular weight excluding hydrogens is 298 g/mol. The van der Waals surface area contributed by atoms with Crippen LogP contribution in [-0.4, -0.2) is 36.0 Å². The van der Waals surface area contributed by atoms with Gasteiger partial charge >= 0.3 is 0 Å². The van der Waals surface area contributed by atoms with Crippen molar-refractivity contribution in [2.45, 2.75) is 19.9 Å². The van der Waals surface area contributed by atoms with Crippen LogP contribution in [0.2, 0.25) is 0 Å². The molecule has 1 N–H and O–H groups in total. The quantitative estimate of drug-likeness (QED) is 0.941. The van der Waals surface area contributed by atoms with Crippen molar-refractivity contribution in [1.29, 1.82) is 0 Å². The first-order valence-electron chi connectivity index (χ1n) is 7.26. The highest BCUT2D eigenvalue weighted by Gasteiger charge is 2.19. The van der Waals surface area contributed by atoms with Crippen LogP contribution in [0.3, 0.4) is 0 Å². The normalized spacial score (nSPS) is 14.5. The Morgan fingerprint density at radius 2 is 2.36 bits per heavy atom. The number of hydrogen-bond acceptors (Lipinski definition) is 5. The molecule has 0 saturated carbocycles. The van der Waals surface area contributed by atoms with E-state index < -0.39 is 0 Å². The number of benzene rings is 1. The summed E-state index contributed by atoms with van der Waals surface area (Å²) >= 11 is 1.55. The highest BCUT2D eigenvalue weighted by Crippen LogP contribution is 2.27. The lowest BCUT2D eigenvalue weighted by Gasteiger charge is -2.20. The number of ether oxygens (including phenoxy) is 1. The third-order valence-electron chi connectivity index (χ3n) is 3.53. The van der Waals surface area contributed by atoms with Crippen LogP contribution in [0.1, 0.15) is 16.1 Å². The molecule has 0 saturated heterocycles. The van der Waals surface area contributed by atoms with Crippen LogP contribution >= 0.6 is 11.3 Å². The molecule has 6 heteroatoms. The van der Waals surface area contributed by atoms with Crippen molar-refractivity contribution in [3.05, 3.63) is 40.4 Å². The summed E-state index contributed by atoms with van der Waals surface area (Å²) in [6.45, 7) is 3.90. The smallest absolute Gasteiger partial charge is 0.264 e. The lowest BCUT2D eigenvalue weighted by atomic mass is 10.2. The fraction of sp³-hybridized carbons (Fsp3) is 0.375. The Morgan fingerprint density at radius 3 is 3.18 bits per heavy atom. The number of amides is 1. The van der Waals surface area contributed by atoms with Crippen LogP contribution in [0.15, 0.2) is 24.3 Å². The molecule has 0 fully saturated rings. The number of carbonyl (C=O) groups excluding carboxylic acids is 1. The number of thiazole rings is 1. The molecule has 1 amide bonds. The first kappa shape index (κ1) is 15.0. The van der Waals surface area contributed by atoms with Crippen molar-refractivity contribution in [1.82, 2.24) is 9.88 Å². The molecule has 0 spiro atoms. The second-order valence-corrected chi connectivity index (χ2v) is 6.61. The van der Waals surface area contributed by atoms with Crippen molar-refractivity contribution >= 4 is 22.4 Å². The molecule has 116 valence electrons. The van der Waals surface area contributed by atoms with Crippen LogP contribution < -0.4 is 10.1 Å².